The van der Waals surface area contributed by atoms with E-state index in [9.17, 15) is 4.79 Å². The predicted molar refractivity (Wildman–Crippen MR) is 53.3 cm³/mol. The summed E-state index contributed by atoms with van der Waals surface area (Å²) in [5.41, 5.74) is 1.14. The molecular formula is C9H16O2S. The first kappa shape index (κ1) is 11.6. The van der Waals surface area contributed by atoms with Gasteiger partial charge in [-0.2, -0.15) is 11.8 Å². The number of thioether (sulfide) groups is 1. The van der Waals surface area contributed by atoms with Gasteiger partial charge in [0.1, 0.15) is 0 Å². The van der Waals surface area contributed by atoms with Crippen LogP contribution in [0.15, 0.2) is 12.2 Å². The van der Waals surface area contributed by atoms with Crippen molar-refractivity contribution in [1.82, 2.24) is 0 Å². The van der Waals surface area contributed by atoms with Gasteiger partial charge in [-0.25, -0.2) is 0 Å². The van der Waals surface area contributed by atoms with Crippen molar-refractivity contribution in [3.05, 3.63) is 12.2 Å². The molecule has 12 heavy (non-hydrogen) atoms. The third-order valence-electron chi connectivity index (χ3n) is 1.32. The molecule has 0 aliphatic heterocycles. The van der Waals surface area contributed by atoms with Crippen molar-refractivity contribution in [1.29, 1.82) is 0 Å². The highest BCUT2D eigenvalue weighted by Crippen LogP contribution is 2.11. The Morgan fingerprint density at radius 2 is 2.25 bits per heavy atom. The topological polar surface area (TPSA) is 26.3 Å². The maximum absolute atomic E-state index is 10.9. The Labute approximate surface area is 78.4 Å². The van der Waals surface area contributed by atoms with Gasteiger partial charge in [-0.15, -0.1) is 0 Å². The number of esters is 1. The van der Waals surface area contributed by atoms with Crippen LogP contribution in [0.1, 0.15) is 13.8 Å². The van der Waals surface area contributed by atoms with Gasteiger partial charge in [0.05, 0.1) is 13.0 Å². The number of carbonyl (C=O) groups is 1. The van der Waals surface area contributed by atoms with Crippen molar-refractivity contribution >= 4 is 17.7 Å². The lowest BCUT2D eigenvalue weighted by Gasteiger charge is -2.07. The Morgan fingerprint density at radius 1 is 1.67 bits per heavy atom. The fourth-order valence-electron chi connectivity index (χ4n) is 0.679. The van der Waals surface area contributed by atoms with E-state index in [-0.39, 0.29) is 11.9 Å². The second-order valence-corrected chi connectivity index (χ2v) is 3.93. The number of hydrogen-bond acceptors (Lipinski definition) is 3. The average Bonchev–Trinajstić information content (AvgIpc) is 2.02. The zero-order chi connectivity index (χ0) is 9.56. The standard InChI is InChI=1S/C9H16O2S/c1-7(2)5-12-6-8(3)9(10)11-4/h8H,1,5-6H2,2-4H3. The SMILES string of the molecule is C=C(C)CSCC(C)C(=O)OC. The van der Waals surface area contributed by atoms with Crippen molar-refractivity contribution in [2.45, 2.75) is 13.8 Å². The Morgan fingerprint density at radius 3 is 2.67 bits per heavy atom. The maximum Gasteiger partial charge on any atom is 0.309 e. The summed E-state index contributed by atoms with van der Waals surface area (Å²) in [6, 6.07) is 0. The van der Waals surface area contributed by atoms with E-state index in [2.05, 4.69) is 11.3 Å². The minimum atomic E-state index is -0.135. The molecule has 0 spiro atoms. The van der Waals surface area contributed by atoms with Gasteiger partial charge in [0.15, 0.2) is 0 Å². The molecule has 0 saturated heterocycles. The molecular weight excluding hydrogens is 172 g/mol. The average molecular weight is 188 g/mol. The maximum atomic E-state index is 10.9. The molecule has 0 heterocycles. The molecule has 0 aliphatic carbocycles. The number of methoxy groups -OCH3 is 1. The molecule has 0 rings (SSSR count). The van der Waals surface area contributed by atoms with Gasteiger partial charge in [0, 0.05) is 11.5 Å². The fourth-order valence-corrected chi connectivity index (χ4v) is 1.64. The van der Waals surface area contributed by atoms with Gasteiger partial charge in [-0.05, 0) is 6.92 Å². The molecule has 0 radical (unpaired) electrons. The molecule has 0 aromatic rings. The van der Waals surface area contributed by atoms with Crippen LogP contribution in [-0.4, -0.2) is 24.6 Å². The molecule has 0 aliphatic rings. The van der Waals surface area contributed by atoms with Gasteiger partial charge >= 0.3 is 5.97 Å². The quantitative estimate of drug-likeness (QED) is 0.488. The minimum Gasteiger partial charge on any atom is -0.469 e. The molecule has 0 aromatic carbocycles. The highest BCUT2D eigenvalue weighted by atomic mass is 32.2. The van der Waals surface area contributed by atoms with E-state index in [4.69, 9.17) is 0 Å². The van der Waals surface area contributed by atoms with E-state index < -0.39 is 0 Å². The van der Waals surface area contributed by atoms with Crippen LogP contribution in [0.4, 0.5) is 0 Å². The van der Waals surface area contributed by atoms with Crippen molar-refractivity contribution in [3.63, 3.8) is 0 Å². The Kier molecular flexibility index (Phi) is 5.89. The van der Waals surface area contributed by atoms with E-state index in [0.29, 0.717) is 0 Å². The van der Waals surface area contributed by atoms with Crippen LogP contribution in [0.5, 0.6) is 0 Å². The molecule has 0 saturated carbocycles. The first-order valence-corrected chi connectivity index (χ1v) is 5.03. The van der Waals surface area contributed by atoms with Gasteiger partial charge in [0.25, 0.3) is 0 Å². The molecule has 2 nitrogen and oxygen atoms in total. The van der Waals surface area contributed by atoms with Crippen LogP contribution in [0.2, 0.25) is 0 Å². The monoisotopic (exact) mass is 188 g/mol. The van der Waals surface area contributed by atoms with E-state index in [0.717, 1.165) is 17.1 Å². The lowest BCUT2D eigenvalue weighted by molar-refractivity contribution is -0.143. The van der Waals surface area contributed by atoms with Gasteiger partial charge in [-0.1, -0.05) is 19.1 Å². The summed E-state index contributed by atoms with van der Waals surface area (Å²) < 4.78 is 4.59. The van der Waals surface area contributed by atoms with Crippen LogP contribution in [0, 0.1) is 5.92 Å². The van der Waals surface area contributed by atoms with E-state index in [1.165, 1.54) is 7.11 Å². The summed E-state index contributed by atoms with van der Waals surface area (Å²) in [5, 5.41) is 0. The number of ether oxygens (including phenoxy) is 1. The highest BCUT2D eigenvalue weighted by molar-refractivity contribution is 7.99. The van der Waals surface area contributed by atoms with Crippen LogP contribution in [0.25, 0.3) is 0 Å². The second-order valence-electron chi connectivity index (χ2n) is 2.90. The summed E-state index contributed by atoms with van der Waals surface area (Å²) in [6.07, 6.45) is 0. The van der Waals surface area contributed by atoms with Crippen molar-refractivity contribution in [2.75, 3.05) is 18.6 Å². The summed E-state index contributed by atoms with van der Waals surface area (Å²) in [6.45, 7) is 7.63. The Balaban J connectivity index is 3.50. The van der Waals surface area contributed by atoms with Crippen LogP contribution in [0.3, 0.4) is 0 Å². The van der Waals surface area contributed by atoms with Gasteiger partial charge < -0.3 is 4.74 Å². The first-order chi connectivity index (χ1) is 5.57. The molecule has 0 aromatic heterocycles. The van der Waals surface area contributed by atoms with Crippen LogP contribution < -0.4 is 0 Å². The zero-order valence-electron chi connectivity index (χ0n) is 7.92. The summed E-state index contributed by atoms with van der Waals surface area (Å²) in [7, 11) is 1.42. The molecule has 70 valence electrons. The molecule has 1 unspecified atom stereocenters. The summed E-state index contributed by atoms with van der Waals surface area (Å²) in [4.78, 5) is 10.9. The van der Waals surface area contributed by atoms with E-state index in [1.807, 2.05) is 13.8 Å². The lowest BCUT2D eigenvalue weighted by atomic mass is 10.2. The summed E-state index contributed by atoms with van der Waals surface area (Å²) >= 11 is 1.71. The molecule has 0 bridgehead atoms. The number of hydrogen-bond donors (Lipinski definition) is 0. The fraction of sp³-hybridized carbons (Fsp3) is 0.667. The number of rotatable bonds is 5. The van der Waals surface area contributed by atoms with Gasteiger partial charge in [-0.3, -0.25) is 4.79 Å². The second kappa shape index (κ2) is 6.12. The van der Waals surface area contributed by atoms with Crippen LogP contribution in [-0.2, 0) is 9.53 Å². The molecule has 3 heteroatoms. The van der Waals surface area contributed by atoms with E-state index >= 15 is 0 Å². The van der Waals surface area contributed by atoms with Crippen molar-refractivity contribution < 1.29 is 9.53 Å². The third-order valence-corrected chi connectivity index (χ3v) is 2.75. The molecule has 0 N–H and O–H groups in total. The number of carbonyl (C=O) groups excluding carboxylic acids is 1. The third kappa shape index (κ3) is 5.24. The minimum absolute atomic E-state index is 0.0145. The zero-order valence-corrected chi connectivity index (χ0v) is 8.74. The van der Waals surface area contributed by atoms with Crippen molar-refractivity contribution in [2.24, 2.45) is 5.92 Å². The van der Waals surface area contributed by atoms with E-state index in [1.54, 1.807) is 11.8 Å². The predicted octanol–water partition coefficient (Wildman–Crippen LogP) is 2.10. The molecule has 0 fully saturated rings. The van der Waals surface area contributed by atoms with Crippen LogP contribution >= 0.6 is 11.8 Å². The van der Waals surface area contributed by atoms with Gasteiger partial charge in [0.2, 0.25) is 0 Å². The largest absolute Gasteiger partial charge is 0.469 e. The summed E-state index contributed by atoms with van der Waals surface area (Å²) in [5.74, 6) is 1.57. The molecule has 1 atom stereocenters. The molecule has 0 amide bonds. The first-order valence-electron chi connectivity index (χ1n) is 3.88. The van der Waals surface area contributed by atoms with Crippen molar-refractivity contribution in [3.8, 4) is 0 Å². The normalized spacial score (nSPS) is 12.2. The Bertz CT molecular complexity index is 166. The Hall–Kier alpha value is -0.440. The lowest BCUT2D eigenvalue weighted by Crippen LogP contribution is -2.15. The smallest absolute Gasteiger partial charge is 0.309 e. The highest BCUT2D eigenvalue weighted by Gasteiger charge is 2.11.